The van der Waals surface area contributed by atoms with Crippen molar-refractivity contribution < 1.29 is 31.4 Å². The second-order valence-electron chi connectivity index (χ2n) is 3.61. The third kappa shape index (κ3) is 1.82. The van der Waals surface area contributed by atoms with Gasteiger partial charge >= 0.3 is 12.4 Å². The van der Waals surface area contributed by atoms with Gasteiger partial charge in [0.2, 0.25) is 0 Å². The third-order valence-electron chi connectivity index (χ3n) is 2.48. The molecule has 1 N–H and O–H groups in total. The first kappa shape index (κ1) is 11.6. The van der Waals surface area contributed by atoms with Gasteiger partial charge in [-0.25, -0.2) is 0 Å². The standard InChI is InChI=1S/C7H8F6O/c1-3-2-5(3,14)4(6(8,9)10)7(11,12)13/h3-4,14H,2H2,1H3. The van der Waals surface area contributed by atoms with E-state index >= 15 is 0 Å². The first-order valence-corrected chi connectivity index (χ1v) is 3.85. The lowest BCUT2D eigenvalue weighted by molar-refractivity contribution is -0.313. The minimum Gasteiger partial charge on any atom is -0.389 e. The van der Waals surface area contributed by atoms with Crippen molar-refractivity contribution in [2.24, 2.45) is 11.8 Å². The van der Waals surface area contributed by atoms with Gasteiger partial charge in [0.05, 0.1) is 5.60 Å². The van der Waals surface area contributed by atoms with Crippen molar-refractivity contribution in [2.75, 3.05) is 0 Å². The van der Waals surface area contributed by atoms with E-state index < -0.39 is 36.2 Å². The second kappa shape index (κ2) is 2.77. The number of halogens is 6. The molecular formula is C7H8F6O. The summed E-state index contributed by atoms with van der Waals surface area (Å²) < 4.78 is 72.3. The summed E-state index contributed by atoms with van der Waals surface area (Å²) >= 11 is 0. The molecule has 1 rings (SSSR count). The van der Waals surface area contributed by atoms with Crippen molar-refractivity contribution in [3.05, 3.63) is 0 Å². The fourth-order valence-electron chi connectivity index (χ4n) is 1.59. The number of rotatable bonds is 1. The Hall–Kier alpha value is -0.460. The predicted molar refractivity (Wildman–Crippen MR) is 34.3 cm³/mol. The van der Waals surface area contributed by atoms with Crippen LogP contribution in [0.5, 0.6) is 0 Å². The molecule has 0 aliphatic heterocycles. The van der Waals surface area contributed by atoms with Crippen LogP contribution in [-0.4, -0.2) is 23.1 Å². The van der Waals surface area contributed by atoms with Gasteiger partial charge < -0.3 is 5.11 Å². The van der Waals surface area contributed by atoms with E-state index in [-0.39, 0.29) is 0 Å². The van der Waals surface area contributed by atoms with Gasteiger partial charge in [-0.1, -0.05) is 6.92 Å². The van der Waals surface area contributed by atoms with Crippen LogP contribution in [0.1, 0.15) is 13.3 Å². The molecule has 0 amide bonds. The molecule has 0 heterocycles. The highest BCUT2D eigenvalue weighted by Crippen LogP contribution is 2.58. The largest absolute Gasteiger partial charge is 0.403 e. The van der Waals surface area contributed by atoms with Crippen molar-refractivity contribution >= 4 is 0 Å². The fraction of sp³-hybridized carbons (Fsp3) is 1.00. The molecule has 2 unspecified atom stereocenters. The molecular weight excluding hydrogens is 214 g/mol. The monoisotopic (exact) mass is 222 g/mol. The van der Waals surface area contributed by atoms with E-state index in [2.05, 4.69) is 0 Å². The molecule has 0 bridgehead atoms. The van der Waals surface area contributed by atoms with Crippen LogP contribution in [0.15, 0.2) is 0 Å². The second-order valence-corrected chi connectivity index (χ2v) is 3.61. The third-order valence-corrected chi connectivity index (χ3v) is 2.48. The van der Waals surface area contributed by atoms with E-state index in [9.17, 15) is 26.3 Å². The SMILES string of the molecule is CC1CC1(O)C(C(F)(F)F)C(F)(F)F. The summed E-state index contributed by atoms with van der Waals surface area (Å²) in [6.07, 6.45) is -11.4. The summed E-state index contributed by atoms with van der Waals surface area (Å²) in [5.41, 5.74) is -2.66. The van der Waals surface area contributed by atoms with E-state index in [0.29, 0.717) is 0 Å². The molecule has 0 aromatic rings. The highest BCUT2D eigenvalue weighted by molar-refractivity contribution is 5.09. The van der Waals surface area contributed by atoms with Crippen LogP contribution in [-0.2, 0) is 0 Å². The van der Waals surface area contributed by atoms with Gasteiger partial charge in [-0.3, -0.25) is 0 Å². The summed E-state index contributed by atoms with van der Waals surface area (Å²) in [6.45, 7) is 1.16. The Morgan fingerprint density at radius 1 is 1.14 bits per heavy atom. The topological polar surface area (TPSA) is 20.2 Å². The molecule has 0 radical (unpaired) electrons. The van der Waals surface area contributed by atoms with Gasteiger partial charge in [0.1, 0.15) is 0 Å². The van der Waals surface area contributed by atoms with Crippen LogP contribution in [0.2, 0.25) is 0 Å². The molecule has 1 fully saturated rings. The predicted octanol–water partition coefficient (Wildman–Crippen LogP) is 2.50. The van der Waals surface area contributed by atoms with Crippen LogP contribution in [0.3, 0.4) is 0 Å². The van der Waals surface area contributed by atoms with E-state index in [4.69, 9.17) is 5.11 Å². The maximum absolute atomic E-state index is 12.0. The minimum absolute atomic E-state index is 0.462. The average Bonchev–Trinajstić information content (AvgIpc) is 2.29. The van der Waals surface area contributed by atoms with Crippen LogP contribution in [0.25, 0.3) is 0 Å². The number of hydrogen-bond acceptors (Lipinski definition) is 1. The zero-order chi connectivity index (χ0) is 11.4. The lowest BCUT2D eigenvalue weighted by atomic mass is 9.97. The molecule has 7 heteroatoms. The number of aliphatic hydroxyl groups is 1. The minimum atomic E-state index is -5.45. The molecule has 0 spiro atoms. The van der Waals surface area contributed by atoms with Crippen LogP contribution in [0.4, 0.5) is 26.3 Å². The van der Waals surface area contributed by atoms with E-state index in [1.807, 2.05) is 0 Å². The Bertz CT molecular complexity index is 217. The van der Waals surface area contributed by atoms with Crippen molar-refractivity contribution in [2.45, 2.75) is 31.3 Å². The van der Waals surface area contributed by atoms with E-state index in [1.54, 1.807) is 0 Å². The highest BCUT2D eigenvalue weighted by atomic mass is 19.4. The summed E-state index contributed by atoms with van der Waals surface area (Å²) in [7, 11) is 0. The Labute approximate surface area is 75.7 Å². The Morgan fingerprint density at radius 3 is 1.50 bits per heavy atom. The van der Waals surface area contributed by atoms with E-state index in [1.165, 1.54) is 0 Å². The maximum atomic E-state index is 12.0. The van der Waals surface area contributed by atoms with Gasteiger partial charge in [-0.15, -0.1) is 0 Å². The van der Waals surface area contributed by atoms with Gasteiger partial charge in [0.15, 0.2) is 5.92 Å². The maximum Gasteiger partial charge on any atom is 0.403 e. The van der Waals surface area contributed by atoms with Gasteiger partial charge in [-0.2, -0.15) is 26.3 Å². The molecule has 0 aromatic heterocycles. The zero-order valence-corrected chi connectivity index (χ0v) is 7.08. The molecule has 2 atom stereocenters. The van der Waals surface area contributed by atoms with Gasteiger partial charge in [-0.05, 0) is 12.3 Å². The molecule has 84 valence electrons. The smallest absolute Gasteiger partial charge is 0.389 e. The normalized spacial score (nSPS) is 33.6. The summed E-state index contributed by atoms with van der Waals surface area (Å²) in [4.78, 5) is 0. The summed E-state index contributed by atoms with van der Waals surface area (Å²) in [6, 6.07) is 0. The summed E-state index contributed by atoms with van der Waals surface area (Å²) in [5, 5.41) is 9.09. The highest BCUT2D eigenvalue weighted by Gasteiger charge is 2.73. The van der Waals surface area contributed by atoms with Crippen molar-refractivity contribution in [3.8, 4) is 0 Å². The molecule has 1 saturated carbocycles. The Balaban J connectivity index is 2.97. The van der Waals surface area contributed by atoms with Crippen molar-refractivity contribution in [1.82, 2.24) is 0 Å². The molecule has 1 nitrogen and oxygen atoms in total. The Morgan fingerprint density at radius 2 is 1.43 bits per heavy atom. The fourth-order valence-corrected chi connectivity index (χ4v) is 1.59. The van der Waals surface area contributed by atoms with Crippen LogP contribution >= 0.6 is 0 Å². The van der Waals surface area contributed by atoms with E-state index in [0.717, 1.165) is 6.92 Å². The molecule has 1 aliphatic carbocycles. The van der Waals surface area contributed by atoms with Crippen LogP contribution < -0.4 is 0 Å². The first-order chi connectivity index (χ1) is 5.99. The zero-order valence-electron chi connectivity index (χ0n) is 7.08. The molecule has 14 heavy (non-hydrogen) atoms. The summed E-state index contributed by atoms with van der Waals surface area (Å²) in [5.74, 6) is -4.59. The quantitative estimate of drug-likeness (QED) is 0.676. The molecule has 0 saturated heterocycles. The van der Waals surface area contributed by atoms with Gasteiger partial charge in [0.25, 0.3) is 0 Å². The lowest BCUT2D eigenvalue weighted by Gasteiger charge is -2.27. The average molecular weight is 222 g/mol. The van der Waals surface area contributed by atoms with Crippen LogP contribution in [0, 0.1) is 11.8 Å². The van der Waals surface area contributed by atoms with Crippen molar-refractivity contribution in [1.29, 1.82) is 0 Å². The first-order valence-electron chi connectivity index (χ1n) is 3.85. The Kier molecular flexibility index (Phi) is 2.30. The van der Waals surface area contributed by atoms with Crippen molar-refractivity contribution in [3.63, 3.8) is 0 Å². The van der Waals surface area contributed by atoms with Gasteiger partial charge in [0, 0.05) is 0 Å². The number of hydrogen-bond donors (Lipinski definition) is 1. The lowest BCUT2D eigenvalue weighted by Crippen LogP contribution is -2.47. The molecule has 0 aromatic carbocycles. The molecule has 1 aliphatic rings. The number of alkyl halides is 6.